The van der Waals surface area contributed by atoms with Crippen LogP contribution in [0.3, 0.4) is 0 Å². The molecule has 0 radical (unpaired) electrons. The van der Waals surface area contributed by atoms with Gasteiger partial charge in [-0.2, -0.15) is 0 Å². The molecule has 3 atom stereocenters. The molecule has 0 bridgehead atoms. The number of carbonyl (C=O) groups excluding carboxylic acids is 3. The molecule has 0 aromatic heterocycles. The molecular weight excluding hydrogens is 928 g/mol. The summed E-state index contributed by atoms with van der Waals surface area (Å²) >= 11 is 0. The number of hydrogen-bond donors (Lipinski definition) is 2. The zero-order chi connectivity index (χ0) is 52.7. The van der Waals surface area contributed by atoms with Crippen molar-refractivity contribution in [2.24, 2.45) is 0 Å². The van der Waals surface area contributed by atoms with E-state index in [1.165, 1.54) is 51.4 Å². The molecule has 0 rings (SSSR count). The van der Waals surface area contributed by atoms with Gasteiger partial charge < -0.3 is 24.2 Å². The Morgan fingerprint density at radius 3 is 1.22 bits per heavy atom. The van der Waals surface area contributed by atoms with Crippen molar-refractivity contribution in [3.8, 4) is 0 Å². The van der Waals surface area contributed by atoms with Gasteiger partial charge in [-0.15, -0.1) is 0 Å². The van der Waals surface area contributed by atoms with Gasteiger partial charge >= 0.3 is 25.7 Å². The predicted octanol–water partition coefficient (Wildman–Crippen LogP) is 16.5. The fourth-order valence-corrected chi connectivity index (χ4v) is 7.95. The Morgan fingerprint density at radius 2 is 0.750 bits per heavy atom. The number of unbranched alkanes of at least 4 members (excludes halogenated alkanes) is 18. The van der Waals surface area contributed by atoms with Crippen molar-refractivity contribution in [1.82, 2.24) is 0 Å². The van der Waals surface area contributed by atoms with Crippen LogP contribution in [0.15, 0.2) is 97.2 Å². The number of hydrogen-bond acceptors (Lipinski definition) is 10. The van der Waals surface area contributed by atoms with Crippen LogP contribution >= 0.6 is 7.82 Å². The molecule has 0 aliphatic rings. The number of rotatable bonds is 51. The zero-order valence-electron chi connectivity index (χ0n) is 45.4. The van der Waals surface area contributed by atoms with Crippen LogP contribution < -0.4 is 0 Å². The maximum absolute atomic E-state index is 12.9. The van der Waals surface area contributed by atoms with Gasteiger partial charge in [0.25, 0.3) is 0 Å². The quantitative estimate of drug-likeness (QED) is 0.0197. The number of aliphatic hydroxyl groups is 1. The highest BCUT2D eigenvalue weighted by molar-refractivity contribution is 7.47. The monoisotopic (exact) mass is 1030 g/mol. The van der Waals surface area contributed by atoms with Crippen LogP contribution in [-0.2, 0) is 42.2 Å². The number of esters is 3. The van der Waals surface area contributed by atoms with Crippen molar-refractivity contribution < 1.29 is 52.2 Å². The summed E-state index contributed by atoms with van der Waals surface area (Å²) < 4.78 is 39.4. The van der Waals surface area contributed by atoms with E-state index in [2.05, 4.69) is 106 Å². The van der Waals surface area contributed by atoms with Crippen LogP contribution in [-0.4, -0.2) is 66.5 Å². The summed E-state index contributed by atoms with van der Waals surface area (Å²) in [6, 6.07) is 0. The summed E-state index contributed by atoms with van der Waals surface area (Å²) in [5.74, 6) is -1.56. The van der Waals surface area contributed by atoms with Crippen molar-refractivity contribution in [2.45, 2.75) is 238 Å². The van der Waals surface area contributed by atoms with E-state index >= 15 is 0 Å². The topological polar surface area (TPSA) is 155 Å². The Kier molecular flexibility index (Phi) is 51.0. The largest absolute Gasteiger partial charge is 0.472 e. The van der Waals surface area contributed by atoms with E-state index < -0.39 is 57.8 Å². The van der Waals surface area contributed by atoms with Gasteiger partial charge in [0.15, 0.2) is 6.10 Å². The zero-order valence-corrected chi connectivity index (χ0v) is 46.3. The number of phosphoric ester groups is 1. The molecule has 11 nitrogen and oxygen atoms in total. The molecule has 0 saturated carbocycles. The standard InChI is InChI=1S/C60H101O11P/c1-4-7-10-13-16-19-22-24-26-28-30-32-35-37-40-43-46-49-58(62)67-53-57(71-60(64)51-48-45-42-39-36-33-31-29-27-25-23-20-17-14-11-8-5-2)55-69-72(65,66)68-54-56(52-61)70-59(63)50-47-44-41-38-34-21-18-15-12-9-6-3/h8,11,15-20,24-27,31,33,39,42,56-57,61H,4-7,9-10,12-14,21-23,28-30,32,34-38,40-41,43-55H2,1-3H3,(H,65,66)/b11-8-,18-15-,19-16-,20-17-,26-24-,27-25-,33-31-,42-39-. The van der Waals surface area contributed by atoms with Gasteiger partial charge in [-0.1, -0.05) is 195 Å². The first-order valence-electron chi connectivity index (χ1n) is 28.1. The SMILES string of the molecule is CC/C=C\C/C=C\C/C=C\C/C=C\C/C=C\CCCC(=O)OC(COC(=O)CCCCCCCCC/C=C\C/C=C\CCCCC)COP(=O)(O)OCC(CO)OC(=O)CCCCCCC/C=C\CCCC. The molecule has 12 heteroatoms. The molecule has 412 valence electrons. The van der Waals surface area contributed by atoms with Gasteiger partial charge in [0.1, 0.15) is 12.7 Å². The molecule has 0 saturated heterocycles. The maximum atomic E-state index is 12.9. The highest BCUT2D eigenvalue weighted by Gasteiger charge is 2.28. The molecule has 3 unspecified atom stereocenters. The molecule has 0 aromatic rings. The van der Waals surface area contributed by atoms with E-state index in [0.29, 0.717) is 25.7 Å². The third kappa shape index (κ3) is 51.3. The summed E-state index contributed by atoms with van der Waals surface area (Å²) in [5.41, 5.74) is 0. The van der Waals surface area contributed by atoms with Gasteiger partial charge in [0.2, 0.25) is 0 Å². The summed E-state index contributed by atoms with van der Waals surface area (Å²) in [7, 11) is -4.77. The number of carbonyl (C=O) groups is 3. The summed E-state index contributed by atoms with van der Waals surface area (Å²) in [6.45, 7) is 4.37. The van der Waals surface area contributed by atoms with Crippen molar-refractivity contribution in [3.63, 3.8) is 0 Å². The van der Waals surface area contributed by atoms with Crippen LogP contribution in [0, 0.1) is 0 Å². The summed E-state index contributed by atoms with van der Waals surface area (Å²) in [4.78, 5) is 48.4. The van der Waals surface area contributed by atoms with Crippen LogP contribution in [0.4, 0.5) is 0 Å². The molecule has 0 aliphatic heterocycles. The Morgan fingerprint density at radius 1 is 0.403 bits per heavy atom. The van der Waals surface area contributed by atoms with Crippen LogP contribution in [0.1, 0.15) is 226 Å². The average Bonchev–Trinajstić information content (AvgIpc) is 3.37. The van der Waals surface area contributed by atoms with Gasteiger partial charge in [0, 0.05) is 19.3 Å². The first-order chi connectivity index (χ1) is 35.2. The van der Waals surface area contributed by atoms with E-state index in [1.54, 1.807) is 0 Å². The van der Waals surface area contributed by atoms with Gasteiger partial charge in [-0.25, -0.2) is 4.57 Å². The molecule has 72 heavy (non-hydrogen) atoms. The van der Waals surface area contributed by atoms with Gasteiger partial charge in [-0.3, -0.25) is 23.4 Å². The van der Waals surface area contributed by atoms with Crippen molar-refractivity contribution in [3.05, 3.63) is 97.2 Å². The minimum Gasteiger partial charge on any atom is -0.462 e. The summed E-state index contributed by atoms with van der Waals surface area (Å²) in [5, 5.41) is 9.78. The third-order valence-electron chi connectivity index (χ3n) is 11.5. The molecule has 0 aromatic carbocycles. The molecule has 0 heterocycles. The Labute approximate surface area is 438 Å². The molecule has 0 aliphatic carbocycles. The van der Waals surface area contributed by atoms with Gasteiger partial charge in [-0.05, 0) is 109 Å². The lowest BCUT2D eigenvalue weighted by Gasteiger charge is -2.21. The smallest absolute Gasteiger partial charge is 0.462 e. The second-order valence-electron chi connectivity index (χ2n) is 18.4. The lowest BCUT2D eigenvalue weighted by Crippen LogP contribution is -2.30. The highest BCUT2D eigenvalue weighted by Crippen LogP contribution is 2.43. The lowest BCUT2D eigenvalue weighted by atomic mass is 10.1. The first kappa shape index (κ1) is 68.4. The molecule has 0 spiro atoms. The van der Waals surface area contributed by atoms with Crippen LogP contribution in [0.25, 0.3) is 0 Å². The molecular formula is C60H101O11P. The number of phosphoric acid groups is 1. The van der Waals surface area contributed by atoms with Crippen LogP contribution in [0.2, 0.25) is 0 Å². The maximum Gasteiger partial charge on any atom is 0.472 e. The van der Waals surface area contributed by atoms with E-state index in [9.17, 15) is 28.9 Å². The fraction of sp³-hybridized carbons (Fsp3) is 0.683. The van der Waals surface area contributed by atoms with Crippen molar-refractivity contribution in [1.29, 1.82) is 0 Å². The number of ether oxygens (including phenoxy) is 3. The van der Waals surface area contributed by atoms with Gasteiger partial charge in [0.05, 0.1) is 19.8 Å². The second kappa shape index (κ2) is 53.7. The molecule has 0 amide bonds. The normalized spacial score (nSPS) is 14.1. The Bertz CT molecular complexity index is 1580. The van der Waals surface area contributed by atoms with E-state index in [-0.39, 0.29) is 25.9 Å². The fourth-order valence-electron chi connectivity index (χ4n) is 7.17. The Balaban J connectivity index is 4.85. The molecule has 0 fully saturated rings. The van der Waals surface area contributed by atoms with E-state index in [4.69, 9.17) is 23.3 Å². The number of allylic oxidation sites excluding steroid dienone is 16. The first-order valence-corrected chi connectivity index (χ1v) is 29.6. The average molecular weight is 1030 g/mol. The highest BCUT2D eigenvalue weighted by atomic mass is 31.2. The lowest BCUT2D eigenvalue weighted by molar-refractivity contribution is -0.161. The second-order valence-corrected chi connectivity index (χ2v) is 19.8. The van der Waals surface area contributed by atoms with Crippen LogP contribution in [0.5, 0.6) is 0 Å². The Hall–Kier alpha value is -3.60. The third-order valence-corrected chi connectivity index (χ3v) is 12.4. The number of aliphatic hydroxyl groups excluding tert-OH is 1. The minimum atomic E-state index is -4.77. The predicted molar refractivity (Wildman–Crippen MR) is 297 cm³/mol. The van der Waals surface area contributed by atoms with E-state index in [0.717, 1.165) is 109 Å². The van der Waals surface area contributed by atoms with Crippen molar-refractivity contribution >= 4 is 25.7 Å². The van der Waals surface area contributed by atoms with Crippen molar-refractivity contribution in [2.75, 3.05) is 26.4 Å². The minimum absolute atomic E-state index is 0.0833. The van der Waals surface area contributed by atoms with E-state index in [1.807, 2.05) is 12.2 Å². The summed E-state index contributed by atoms with van der Waals surface area (Å²) in [6.07, 6.45) is 62.3. The molecule has 2 N–H and O–H groups in total.